The number of rotatable bonds is 7. The monoisotopic (exact) mass is 331 g/mol. The minimum atomic E-state index is -3.53. The predicted molar refractivity (Wildman–Crippen MR) is 84.4 cm³/mol. The van der Waals surface area contributed by atoms with E-state index >= 15 is 0 Å². The summed E-state index contributed by atoms with van der Waals surface area (Å²) in [6, 6.07) is -0.128. The van der Waals surface area contributed by atoms with Gasteiger partial charge in [-0.15, -0.1) is 0 Å². The first-order valence-corrected chi connectivity index (χ1v) is 9.21. The molecule has 7 nitrogen and oxygen atoms in total. The first-order chi connectivity index (χ1) is 10.3. The molecule has 1 aliphatic rings. The van der Waals surface area contributed by atoms with Gasteiger partial charge in [0.05, 0.1) is 5.75 Å². The van der Waals surface area contributed by atoms with Gasteiger partial charge in [0.15, 0.2) is 0 Å². The Labute approximate surface area is 132 Å². The van der Waals surface area contributed by atoms with Crippen molar-refractivity contribution in [2.75, 3.05) is 25.4 Å². The van der Waals surface area contributed by atoms with E-state index in [0.29, 0.717) is 19.5 Å². The first kappa shape index (κ1) is 18.6. The Morgan fingerprint density at radius 1 is 1.41 bits per heavy atom. The zero-order valence-electron chi connectivity index (χ0n) is 13.0. The molecule has 0 spiro atoms. The Balaban J connectivity index is 2.70. The molecule has 2 N–H and O–H groups in total. The molecule has 1 heterocycles. The van der Waals surface area contributed by atoms with Crippen LogP contribution < -0.4 is 5.14 Å². The Hall–Kier alpha value is -1.41. The van der Waals surface area contributed by atoms with Gasteiger partial charge in [-0.1, -0.05) is 6.58 Å². The second kappa shape index (κ2) is 8.28. The molecule has 0 saturated carbocycles. The highest BCUT2D eigenvalue weighted by Gasteiger charge is 2.28. The van der Waals surface area contributed by atoms with Gasteiger partial charge in [-0.3, -0.25) is 9.59 Å². The molecule has 0 bridgehead atoms. The third-order valence-corrected chi connectivity index (χ3v) is 4.68. The Kier molecular flexibility index (Phi) is 7.02. The van der Waals surface area contributed by atoms with E-state index in [2.05, 4.69) is 6.58 Å². The molecule has 0 radical (unpaired) electrons. The second-order valence-electron chi connectivity index (χ2n) is 5.45. The van der Waals surface area contributed by atoms with Crippen LogP contribution in [-0.4, -0.2) is 61.5 Å². The van der Waals surface area contributed by atoms with Crippen molar-refractivity contribution < 1.29 is 18.0 Å². The van der Waals surface area contributed by atoms with Gasteiger partial charge in [-0.05, 0) is 38.7 Å². The average molecular weight is 331 g/mol. The lowest BCUT2D eigenvalue weighted by Gasteiger charge is -2.37. The van der Waals surface area contributed by atoms with Crippen molar-refractivity contribution in [1.82, 2.24) is 9.80 Å². The van der Waals surface area contributed by atoms with E-state index in [-0.39, 0.29) is 30.2 Å². The van der Waals surface area contributed by atoms with Gasteiger partial charge >= 0.3 is 0 Å². The molecule has 0 aromatic rings. The first-order valence-electron chi connectivity index (χ1n) is 7.49. The number of hydrogen-bond donors (Lipinski definition) is 1. The fourth-order valence-electron chi connectivity index (χ4n) is 2.66. The molecular weight excluding hydrogens is 306 g/mol. The Morgan fingerprint density at radius 3 is 2.64 bits per heavy atom. The summed E-state index contributed by atoms with van der Waals surface area (Å²) in [6.45, 7) is 6.23. The average Bonchev–Trinajstić information content (AvgIpc) is 2.49. The second-order valence-corrected chi connectivity index (χ2v) is 7.18. The maximum absolute atomic E-state index is 12.4. The van der Waals surface area contributed by atoms with E-state index in [9.17, 15) is 18.0 Å². The molecule has 1 saturated heterocycles. The lowest BCUT2D eigenvalue weighted by Crippen LogP contribution is -2.49. The SMILES string of the molecule is C=CC(=O)N(CC)CC(=O)N1CCCCC1CCS(N)(=O)=O. The number of primary sulfonamides is 1. The van der Waals surface area contributed by atoms with Crippen molar-refractivity contribution in [3.05, 3.63) is 12.7 Å². The van der Waals surface area contributed by atoms with Gasteiger partial charge in [0.2, 0.25) is 21.8 Å². The quantitative estimate of drug-likeness (QED) is 0.668. The number of sulfonamides is 1. The van der Waals surface area contributed by atoms with Crippen LogP contribution in [0.2, 0.25) is 0 Å². The van der Waals surface area contributed by atoms with Crippen LogP contribution in [0.25, 0.3) is 0 Å². The van der Waals surface area contributed by atoms with E-state index in [0.717, 1.165) is 19.3 Å². The lowest BCUT2D eigenvalue weighted by atomic mass is 10.00. The molecule has 8 heteroatoms. The number of hydrogen-bond acceptors (Lipinski definition) is 4. The number of likely N-dealkylation sites (tertiary alicyclic amines) is 1. The standard InChI is InChI=1S/C14H25N3O4S/c1-3-13(18)16(4-2)11-14(19)17-9-6-5-7-12(17)8-10-22(15,20)21/h3,12H,1,4-11H2,2H3,(H2,15,20,21). The van der Waals surface area contributed by atoms with Gasteiger partial charge < -0.3 is 9.80 Å². The van der Waals surface area contributed by atoms with E-state index in [4.69, 9.17) is 5.14 Å². The minimum Gasteiger partial charge on any atom is -0.338 e. The summed E-state index contributed by atoms with van der Waals surface area (Å²) in [7, 11) is -3.53. The summed E-state index contributed by atoms with van der Waals surface area (Å²) in [5.41, 5.74) is 0. The van der Waals surface area contributed by atoms with Gasteiger partial charge in [0, 0.05) is 19.1 Å². The van der Waals surface area contributed by atoms with Crippen LogP contribution in [0.4, 0.5) is 0 Å². The maximum atomic E-state index is 12.4. The molecule has 1 aliphatic heterocycles. The molecule has 1 rings (SSSR count). The number of nitrogens with zero attached hydrogens (tertiary/aromatic N) is 2. The molecule has 22 heavy (non-hydrogen) atoms. The fraction of sp³-hybridized carbons (Fsp3) is 0.714. The highest BCUT2D eigenvalue weighted by molar-refractivity contribution is 7.89. The maximum Gasteiger partial charge on any atom is 0.246 e. The summed E-state index contributed by atoms with van der Waals surface area (Å²) in [5, 5.41) is 5.04. The van der Waals surface area contributed by atoms with Crippen molar-refractivity contribution in [2.45, 2.75) is 38.6 Å². The van der Waals surface area contributed by atoms with Crippen LogP contribution in [-0.2, 0) is 19.6 Å². The molecule has 1 atom stereocenters. The number of likely N-dealkylation sites (N-methyl/N-ethyl adjacent to an activating group) is 1. The Bertz CT molecular complexity index is 518. The largest absolute Gasteiger partial charge is 0.338 e. The molecule has 1 fully saturated rings. The highest BCUT2D eigenvalue weighted by atomic mass is 32.2. The van der Waals surface area contributed by atoms with Crippen LogP contribution >= 0.6 is 0 Å². The van der Waals surface area contributed by atoms with Crippen molar-refractivity contribution in [1.29, 1.82) is 0 Å². The Morgan fingerprint density at radius 2 is 2.09 bits per heavy atom. The normalized spacial score (nSPS) is 18.8. The smallest absolute Gasteiger partial charge is 0.246 e. The van der Waals surface area contributed by atoms with Crippen LogP contribution in [0.5, 0.6) is 0 Å². The van der Waals surface area contributed by atoms with E-state index in [1.165, 1.54) is 11.0 Å². The van der Waals surface area contributed by atoms with Gasteiger partial charge in [0.25, 0.3) is 0 Å². The third kappa shape index (κ3) is 5.76. The van der Waals surface area contributed by atoms with Gasteiger partial charge in [0.1, 0.15) is 6.54 Å². The zero-order valence-corrected chi connectivity index (χ0v) is 13.8. The topological polar surface area (TPSA) is 101 Å². The summed E-state index contributed by atoms with van der Waals surface area (Å²) in [5.74, 6) is -0.574. The summed E-state index contributed by atoms with van der Waals surface area (Å²) in [4.78, 5) is 27.2. The molecule has 0 aromatic heterocycles. The number of carbonyl (C=O) groups excluding carboxylic acids is 2. The molecular formula is C14H25N3O4S. The van der Waals surface area contributed by atoms with Crippen LogP contribution in [0.3, 0.4) is 0 Å². The van der Waals surface area contributed by atoms with E-state index in [1.54, 1.807) is 11.8 Å². The fourth-order valence-corrected chi connectivity index (χ4v) is 3.26. The number of carbonyl (C=O) groups is 2. The molecule has 0 aromatic carbocycles. The van der Waals surface area contributed by atoms with Crippen LogP contribution in [0, 0.1) is 0 Å². The highest BCUT2D eigenvalue weighted by Crippen LogP contribution is 2.20. The van der Waals surface area contributed by atoms with Gasteiger partial charge in [-0.2, -0.15) is 0 Å². The molecule has 1 unspecified atom stereocenters. The number of piperidine rings is 1. The summed E-state index contributed by atoms with van der Waals surface area (Å²) < 4.78 is 22.2. The summed E-state index contributed by atoms with van der Waals surface area (Å²) >= 11 is 0. The van der Waals surface area contributed by atoms with Crippen molar-refractivity contribution in [2.24, 2.45) is 5.14 Å². The van der Waals surface area contributed by atoms with Crippen molar-refractivity contribution in [3.63, 3.8) is 0 Å². The van der Waals surface area contributed by atoms with E-state index < -0.39 is 10.0 Å². The molecule has 0 aliphatic carbocycles. The van der Waals surface area contributed by atoms with Crippen molar-refractivity contribution in [3.8, 4) is 0 Å². The van der Waals surface area contributed by atoms with Crippen molar-refractivity contribution >= 4 is 21.8 Å². The van der Waals surface area contributed by atoms with Gasteiger partial charge in [-0.25, -0.2) is 13.6 Å². The zero-order chi connectivity index (χ0) is 16.8. The number of nitrogens with two attached hydrogens (primary N) is 1. The number of amides is 2. The lowest BCUT2D eigenvalue weighted by molar-refractivity contribution is -0.140. The predicted octanol–water partition coefficient (Wildman–Crippen LogP) is 0.0806. The molecule has 126 valence electrons. The van der Waals surface area contributed by atoms with E-state index in [1.807, 2.05) is 0 Å². The van der Waals surface area contributed by atoms with Crippen LogP contribution in [0.1, 0.15) is 32.6 Å². The molecule has 2 amide bonds. The third-order valence-electron chi connectivity index (χ3n) is 3.88. The minimum absolute atomic E-state index is 0.00672. The summed E-state index contributed by atoms with van der Waals surface area (Å²) in [6.07, 6.45) is 4.14. The van der Waals surface area contributed by atoms with Crippen LogP contribution in [0.15, 0.2) is 12.7 Å².